The molecule has 0 aliphatic heterocycles. The van der Waals surface area contributed by atoms with E-state index in [2.05, 4.69) is 217 Å². The Balaban J connectivity index is 0.935. The van der Waals surface area contributed by atoms with Crippen molar-refractivity contribution in [1.82, 2.24) is 14.5 Å². The second kappa shape index (κ2) is 12.9. The molecule has 13 aromatic rings. The molecule has 0 fully saturated rings. The number of rotatable bonds is 3. The van der Waals surface area contributed by atoms with Gasteiger partial charge in [-0.25, -0.2) is 9.97 Å². The monoisotopic (exact) mass is 841 g/mol. The standard InChI is InChI=1S/C61H35N3S/c1-2-15-37-35-54-48(34-36(37)14-1)44-18-6-11-26-53(44)64(54)41-31-30-38-32-40(29-28-39(38)33-41)60-62-57-46-20-7-12-27-55(46)65-59(57)58(63-60)47-21-13-25-52-56(47)45-19-5-10-24-51(45)61(52)49-22-8-3-16-42(49)43-17-4-9-23-50(43)61/h1-35H. The van der Waals surface area contributed by atoms with E-state index in [4.69, 9.17) is 9.97 Å². The molecule has 0 N–H and O–H groups in total. The summed E-state index contributed by atoms with van der Waals surface area (Å²) in [5.74, 6) is 0.728. The topological polar surface area (TPSA) is 30.7 Å². The van der Waals surface area contributed by atoms with Crippen LogP contribution in [0, 0.1) is 0 Å². The van der Waals surface area contributed by atoms with Crippen molar-refractivity contribution in [3.05, 3.63) is 235 Å². The van der Waals surface area contributed by atoms with Gasteiger partial charge in [0.05, 0.1) is 32.4 Å². The molecular weight excluding hydrogens is 807 g/mol. The largest absolute Gasteiger partial charge is 0.309 e. The van der Waals surface area contributed by atoms with Crippen LogP contribution in [0.25, 0.3) is 114 Å². The van der Waals surface area contributed by atoms with E-state index < -0.39 is 5.41 Å². The van der Waals surface area contributed by atoms with Crippen LogP contribution in [-0.4, -0.2) is 14.5 Å². The van der Waals surface area contributed by atoms with Crippen LogP contribution in [0.3, 0.4) is 0 Å². The lowest BCUT2D eigenvalue weighted by Gasteiger charge is -2.30. The summed E-state index contributed by atoms with van der Waals surface area (Å²) in [5.41, 5.74) is 17.6. The second-order valence-electron chi connectivity index (χ2n) is 17.6. The minimum atomic E-state index is -0.436. The molecule has 0 atom stereocenters. The Bertz CT molecular complexity index is 4160. The summed E-state index contributed by atoms with van der Waals surface area (Å²) < 4.78 is 4.74. The highest BCUT2D eigenvalue weighted by Crippen LogP contribution is 2.64. The maximum absolute atomic E-state index is 5.64. The summed E-state index contributed by atoms with van der Waals surface area (Å²) >= 11 is 1.79. The van der Waals surface area contributed by atoms with Gasteiger partial charge in [0, 0.05) is 37.7 Å². The number of fused-ring (bicyclic) bond motifs is 18. The Labute approximate surface area is 378 Å². The fourth-order valence-corrected chi connectivity index (χ4v) is 12.8. The third kappa shape index (κ3) is 4.68. The average Bonchev–Trinajstić information content (AvgIpc) is 4.09. The predicted molar refractivity (Wildman–Crippen MR) is 271 cm³/mol. The molecule has 1 spiro atoms. The van der Waals surface area contributed by atoms with Crippen LogP contribution in [0.2, 0.25) is 0 Å². The predicted octanol–water partition coefficient (Wildman–Crippen LogP) is 15.9. The van der Waals surface area contributed by atoms with Gasteiger partial charge in [-0.05, 0) is 109 Å². The molecule has 0 saturated carbocycles. The van der Waals surface area contributed by atoms with E-state index in [1.54, 1.807) is 11.3 Å². The molecule has 65 heavy (non-hydrogen) atoms. The van der Waals surface area contributed by atoms with Gasteiger partial charge in [-0.15, -0.1) is 11.3 Å². The van der Waals surface area contributed by atoms with E-state index in [1.165, 1.54) is 87.2 Å². The maximum atomic E-state index is 5.64. The summed E-state index contributed by atoms with van der Waals surface area (Å²) in [6.45, 7) is 0. The number of para-hydroxylation sites is 1. The first-order valence-corrected chi connectivity index (χ1v) is 23.1. The van der Waals surface area contributed by atoms with Gasteiger partial charge in [0.2, 0.25) is 0 Å². The van der Waals surface area contributed by atoms with Crippen LogP contribution in [0.1, 0.15) is 22.3 Å². The van der Waals surface area contributed by atoms with Crippen LogP contribution in [-0.2, 0) is 5.41 Å². The third-order valence-corrected chi connectivity index (χ3v) is 15.5. The lowest BCUT2D eigenvalue weighted by atomic mass is 9.70. The summed E-state index contributed by atoms with van der Waals surface area (Å²) in [4.78, 5) is 11.1. The quantitative estimate of drug-likeness (QED) is 0.177. The molecular formula is C61H35N3S. The van der Waals surface area contributed by atoms with Gasteiger partial charge < -0.3 is 4.57 Å². The zero-order chi connectivity index (χ0) is 42.4. The fourth-order valence-electron chi connectivity index (χ4n) is 11.7. The molecule has 2 aliphatic rings. The number of hydrogen-bond acceptors (Lipinski definition) is 3. The number of nitrogens with zero attached hydrogens (tertiary/aromatic N) is 3. The first kappa shape index (κ1) is 35.3. The zero-order valence-electron chi connectivity index (χ0n) is 35.0. The van der Waals surface area contributed by atoms with Crippen molar-refractivity contribution in [2.75, 3.05) is 0 Å². The minimum absolute atomic E-state index is 0.436. The highest BCUT2D eigenvalue weighted by molar-refractivity contribution is 7.26. The van der Waals surface area contributed by atoms with E-state index in [0.717, 1.165) is 49.3 Å². The number of hydrogen-bond donors (Lipinski definition) is 0. The Morgan fingerprint density at radius 1 is 0.400 bits per heavy atom. The molecule has 0 saturated heterocycles. The van der Waals surface area contributed by atoms with Crippen molar-refractivity contribution in [3.63, 3.8) is 0 Å². The smallest absolute Gasteiger partial charge is 0.160 e. The van der Waals surface area contributed by atoms with Crippen molar-refractivity contribution >= 4 is 75.0 Å². The highest BCUT2D eigenvalue weighted by Gasteiger charge is 2.52. The molecule has 10 aromatic carbocycles. The van der Waals surface area contributed by atoms with E-state index in [1.807, 2.05) is 0 Å². The molecule has 3 aromatic heterocycles. The molecule has 3 heterocycles. The first-order valence-electron chi connectivity index (χ1n) is 22.3. The van der Waals surface area contributed by atoms with Crippen LogP contribution in [0.5, 0.6) is 0 Å². The Kier molecular flexibility index (Phi) is 7.03. The van der Waals surface area contributed by atoms with Crippen LogP contribution in [0.15, 0.2) is 212 Å². The molecule has 2 aliphatic carbocycles. The van der Waals surface area contributed by atoms with Crippen LogP contribution >= 0.6 is 11.3 Å². The SMILES string of the molecule is c1ccc2c(c1)-c1ccccc1C21c2ccccc2-c2c(-c3nc(-c4ccc5cc(-n6c7ccccc7c7cc8ccccc8cc76)ccc5c4)nc4c3sc3ccccc34)cccc21. The summed E-state index contributed by atoms with van der Waals surface area (Å²) in [6, 6.07) is 78.3. The molecule has 3 nitrogen and oxygen atoms in total. The number of thiophene rings is 1. The average molecular weight is 842 g/mol. The molecule has 0 amide bonds. The normalized spacial score (nSPS) is 13.4. The van der Waals surface area contributed by atoms with Crippen molar-refractivity contribution in [1.29, 1.82) is 0 Å². The fraction of sp³-hybridized carbons (Fsp3) is 0.0164. The summed E-state index contributed by atoms with van der Waals surface area (Å²) in [7, 11) is 0. The third-order valence-electron chi connectivity index (χ3n) is 14.4. The second-order valence-corrected chi connectivity index (χ2v) is 18.7. The Morgan fingerprint density at radius 2 is 1.00 bits per heavy atom. The van der Waals surface area contributed by atoms with Gasteiger partial charge in [0.15, 0.2) is 5.82 Å². The Morgan fingerprint density at radius 3 is 1.82 bits per heavy atom. The highest BCUT2D eigenvalue weighted by atomic mass is 32.1. The lowest BCUT2D eigenvalue weighted by molar-refractivity contribution is 0.794. The van der Waals surface area contributed by atoms with Crippen molar-refractivity contribution in [2.45, 2.75) is 5.41 Å². The van der Waals surface area contributed by atoms with Crippen molar-refractivity contribution in [2.24, 2.45) is 0 Å². The molecule has 0 bridgehead atoms. The number of aromatic nitrogens is 3. The van der Waals surface area contributed by atoms with Crippen molar-refractivity contribution < 1.29 is 0 Å². The maximum Gasteiger partial charge on any atom is 0.160 e. The molecule has 300 valence electrons. The van der Waals surface area contributed by atoms with E-state index in [-0.39, 0.29) is 0 Å². The van der Waals surface area contributed by atoms with E-state index in [9.17, 15) is 0 Å². The summed E-state index contributed by atoms with van der Waals surface area (Å²) in [5, 5.41) is 8.48. The van der Waals surface area contributed by atoms with Crippen molar-refractivity contribution in [3.8, 4) is 50.6 Å². The molecule has 0 unspecified atom stereocenters. The van der Waals surface area contributed by atoms with Gasteiger partial charge in [-0.1, -0.05) is 170 Å². The molecule has 4 heteroatoms. The van der Waals surface area contributed by atoms with E-state index in [0.29, 0.717) is 0 Å². The minimum Gasteiger partial charge on any atom is -0.309 e. The van der Waals surface area contributed by atoms with Gasteiger partial charge in [-0.2, -0.15) is 0 Å². The zero-order valence-corrected chi connectivity index (χ0v) is 35.8. The number of benzene rings is 10. The molecule has 15 rings (SSSR count). The van der Waals surface area contributed by atoms with Gasteiger partial charge in [-0.3, -0.25) is 0 Å². The van der Waals surface area contributed by atoms with Crippen LogP contribution in [0.4, 0.5) is 0 Å². The van der Waals surface area contributed by atoms with Crippen LogP contribution < -0.4 is 0 Å². The van der Waals surface area contributed by atoms with E-state index >= 15 is 0 Å². The first-order chi connectivity index (χ1) is 32.2. The van der Waals surface area contributed by atoms with Gasteiger partial charge in [0.1, 0.15) is 0 Å². The van der Waals surface area contributed by atoms with Gasteiger partial charge in [0.25, 0.3) is 0 Å². The lowest BCUT2D eigenvalue weighted by Crippen LogP contribution is -2.25. The van der Waals surface area contributed by atoms with Gasteiger partial charge >= 0.3 is 0 Å². The summed E-state index contributed by atoms with van der Waals surface area (Å²) in [6.07, 6.45) is 0. The Hall–Kier alpha value is -8.18. The molecule has 0 radical (unpaired) electrons.